The lowest BCUT2D eigenvalue weighted by molar-refractivity contribution is 0.0939. The van der Waals surface area contributed by atoms with Crippen LogP contribution in [0.3, 0.4) is 0 Å². The molecule has 1 amide bonds. The summed E-state index contributed by atoms with van der Waals surface area (Å²) in [5.41, 5.74) is 0.479. The number of rotatable bonds is 11. The van der Waals surface area contributed by atoms with Crippen molar-refractivity contribution in [3.05, 3.63) is 75.4 Å². The van der Waals surface area contributed by atoms with Gasteiger partial charge in [0.25, 0.3) is 15.9 Å². The minimum atomic E-state index is -4.06. The Morgan fingerprint density at radius 1 is 0.974 bits per heavy atom. The lowest BCUT2D eigenvalue weighted by atomic mass is 10.2. The highest BCUT2D eigenvalue weighted by Gasteiger charge is 2.20. The number of amides is 1. The first-order valence-corrected chi connectivity index (χ1v) is 14.4. The second-order valence-corrected chi connectivity index (χ2v) is 11.9. The smallest absolute Gasteiger partial charge is 0.262 e. The fraction of sp³-hybridized carbons (Fsp3) is 0.308. The molecule has 0 saturated heterocycles. The molecule has 0 bridgehead atoms. The van der Waals surface area contributed by atoms with Crippen molar-refractivity contribution >= 4 is 56.4 Å². The third kappa shape index (κ3) is 7.97. The van der Waals surface area contributed by atoms with E-state index in [-0.39, 0.29) is 37.4 Å². The van der Waals surface area contributed by atoms with Crippen LogP contribution in [0.5, 0.6) is 11.6 Å². The van der Waals surface area contributed by atoms with Gasteiger partial charge in [-0.2, -0.15) is 0 Å². The molecule has 0 spiro atoms. The standard InChI is InChI=1S/C26H29Cl3N4O4S/c1-16(2)33(17(3)4)12-11-30-25(34)18-5-7-20(8-6-18)37-26-24(13-19(27)15-31-26)32-38(35,36)21-9-10-22(28)23(29)14-21/h5-10,13-17,32H,11-12H2,1-4H3,(H,30,34). The van der Waals surface area contributed by atoms with Gasteiger partial charge in [0.1, 0.15) is 11.4 Å². The molecule has 0 aliphatic carbocycles. The van der Waals surface area contributed by atoms with E-state index >= 15 is 0 Å². The van der Waals surface area contributed by atoms with E-state index in [4.69, 9.17) is 39.5 Å². The van der Waals surface area contributed by atoms with Crippen LogP contribution in [0, 0.1) is 0 Å². The average molecular weight is 600 g/mol. The summed E-state index contributed by atoms with van der Waals surface area (Å²) in [5, 5.41) is 3.45. The Bertz CT molecular complexity index is 1380. The monoisotopic (exact) mass is 598 g/mol. The van der Waals surface area contributed by atoms with E-state index in [1.54, 1.807) is 24.3 Å². The van der Waals surface area contributed by atoms with Gasteiger partial charge in [0.15, 0.2) is 0 Å². The largest absolute Gasteiger partial charge is 0.437 e. The molecule has 0 atom stereocenters. The fourth-order valence-electron chi connectivity index (χ4n) is 3.73. The lowest BCUT2D eigenvalue weighted by Gasteiger charge is -2.30. The summed E-state index contributed by atoms with van der Waals surface area (Å²) in [7, 11) is -4.06. The number of hydrogen-bond donors (Lipinski definition) is 2. The maximum Gasteiger partial charge on any atom is 0.262 e. The summed E-state index contributed by atoms with van der Waals surface area (Å²) in [6, 6.07) is 12.5. The van der Waals surface area contributed by atoms with Crippen molar-refractivity contribution in [3.63, 3.8) is 0 Å². The lowest BCUT2D eigenvalue weighted by Crippen LogP contribution is -2.42. The van der Waals surface area contributed by atoms with Crippen molar-refractivity contribution in [1.82, 2.24) is 15.2 Å². The second-order valence-electron chi connectivity index (χ2n) is 9.00. The molecule has 1 aromatic heterocycles. The third-order valence-electron chi connectivity index (χ3n) is 5.58. The molecule has 1 heterocycles. The molecule has 3 aromatic rings. The second kappa shape index (κ2) is 13.0. The van der Waals surface area contributed by atoms with Crippen molar-refractivity contribution in [3.8, 4) is 11.6 Å². The quantitative estimate of drug-likeness (QED) is 0.262. The molecule has 2 N–H and O–H groups in total. The highest BCUT2D eigenvalue weighted by molar-refractivity contribution is 7.92. The Hall–Kier alpha value is -2.56. The molecule has 0 aliphatic rings. The number of nitrogens with one attached hydrogen (secondary N) is 2. The molecule has 0 unspecified atom stereocenters. The summed E-state index contributed by atoms with van der Waals surface area (Å²) in [4.78, 5) is 18.9. The van der Waals surface area contributed by atoms with E-state index in [1.165, 1.54) is 30.5 Å². The van der Waals surface area contributed by atoms with E-state index in [9.17, 15) is 13.2 Å². The van der Waals surface area contributed by atoms with Crippen LogP contribution in [-0.2, 0) is 10.0 Å². The Morgan fingerprint density at radius 2 is 1.63 bits per heavy atom. The number of sulfonamides is 1. The molecule has 0 aliphatic heterocycles. The van der Waals surface area contributed by atoms with Crippen molar-refractivity contribution < 1.29 is 17.9 Å². The van der Waals surface area contributed by atoms with Gasteiger partial charge in [-0.3, -0.25) is 14.4 Å². The van der Waals surface area contributed by atoms with Crippen molar-refractivity contribution in [2.45, 2.75) is 44.7 Å². The first-order valence-electron chi connectivity index (χ1n) is 11.8. The van der Waals surface area contributed by atoms with Crippen LogP contribution in [0.2, 0.25) is 15.1 Å². The van der Waals surface area contributed by atoms with Gasteiger partial charge in [0, 0.05) is 36.9 Å². The molecule has 2 aromatic carbocycles. The zero-order valence-electron chi connectivity index (χ0n) is 21.3. The molecule has 0 radical (unpaired) electrons. The highest BCUT2D eigenvalue weighted by Crippen LogP contribution is 2.32. The molecule has 3 rings (SSSR count). The van der Waals surface area contributed by atoms with Crippen LogP contribution >= 0.6 is 34.8 Å². The number of benzene rings is 2. The van der Waals surface area contributed by atoms with Crippen LogP contribution in [0.25, 0.3) is 0 Å². The van der Waals surface area contributed by atoms with E-state index in [0.717, 1.165) is 6.54 Å². The van der Waals surface area contributed by atoms with Crippen molar-refractivity contribution in [2.75, 3.05) is 17.8 Å². The molecular weight excluding hydrogens is 571 g/mol. The van der Waals surface area contributed by atoms with Crippen LogP contribution in [0.1, 0.15) is 38.1 Å². The summed E-state index contributed by atoms with van der Waals surface area (Å²) in [6.45, 7) is 9.76. The van der Waals surface area contributed by atoms with Crippen LogP contribution in [0.15, 0.2) is 59.6 Å². The van der Waals surface area contributed by atoms with Crippen LogP contribution in [-0.4, -0.2) is 49.4 Å². The van der Waals surface area contributed by atoms with Gasteiger partial charge in [-0.05, 0) is 76.2 Å². The number of halogens is 3. The summed E-state index contributed by atoms with van der Waals surface area (Å²) >= 11 is 17.9. The predicted octanol–water partition coefficient (Wildman–Crippen LogP) is 6.48. The number of ether oxygens (including phenoxy) is 1. The van der Waals surface area contributed by atoms with Gasteiger partial charge in [-0.15, -0.1) is 0 Å². The molecular formula is C26H29Cl3N4O4S. The van der Waals surface area contributed by atoms with Crippen molar-refractivity contribution in [1.29, 1.82) is 0 Å². The molecule has 0 saturated carbocycles. The normalized spacial score (nSPS) is 11.7. The zero-order valence-corrected chi connectivity index (χ0v) is 24.4. The number of anilines is 1. The van der Waals surface area contributed by atoms with E-state index < -0.39 is 10.0 Å². The van der Waals surface area contributed by atoms with Gasteiger partial charge >= 0.3 is 0 Å². The number of aromatic nitrogens is 1. The molecule has 0 fully saturated rings. The average Bonchev–Trinajstić information content (AvgIpc) is 2.84. The zero-order chi connectivity index (χ0) is 28.0. The maximum absolute atomic E-state index is 12.9. The van der Waals surface area contributed by atoms with E-state index in [0.29, 0.717) is 29.9 Å². The van der Waals surface area contributed by atoms with Crippen molar-refractivity contribution in [2.24, 2.45) is 0 Å². The highest BCUT2D eigenvalue weighted by atomic mass is 35.5. The van der Waals surface area contributed by atoms with E-state index in [2.05, 4.69) is 47.6 Å². The minimum Gasteiger partial charge on any atom is -0.437 e. The molecule has 38 heavy (non-hydrogen) atoms. The number of pyridine rings is 1. The molecule has 8 nitrogen and oxygen atoms in total. The first-order chi connectivity index (χ1) is 17.9. The van der Waals surface area contributed by atoms with Gasteiger partial charge < -0.3 is 10.1 Å². The number of hydrogen-bond acceptors (Lipinski definition) is 6. The Balaban J connectivity index is 1.70. The molecule has 204 valence electrons. The predicted molar refractivity (Wildman–Crippen MR) is 152 cm³/mol. The third-order valence-corrected chi connectivity index (χ3v) is 7.89. The molecule has 12 heteroatoms. The number of nitrogens with zero attached hydrogens (tertiary/aromatic N) is 2. The maximum atomic E-state index is 12.9. The van der Waals surface area contributed by atoms with Gasteiger partial charge in [0.2, 0.25) is 5.88 Å². The SMILES string of the molecule is CC(C)N(CCNC(=O)c1ccc(Oc2ncc(Cl)cc2NS(=O)(=O)c2ccc(Cl)c(Cl)c2)cc1)C(C)C. The fourth-order valence-corrected chi connectivity index (χ4v) is 5.32. The Labute approximate surface area is 238 Å². The van der Waals surface area contributed by atoms with Crippen LogP contribution < -0.4 is 14.8 Å². The Morgan fingerprint density at radius 3 is 2.24 bits per heavy atom. The number of carbonyl (C=O) groups excluding carboxylic acids is 1. The van der Waals surface area contributed by atoms with E-state index in [1.807, 2.05) is 0 Å². The topological polar surface area (TPSA) is 101 Å². The minimum absolute atomic E-state index is 0.0188. The summed E-state index contributed by atoms with van der Waals surface area (Å²) < 4.78 is 34.1. The summed E-state index contributed by atoms with van der Waals surface area (Å²) in [5.74, 6) is 0.110. The first kappa shape index (κ1) is 30.0. The number of carbonyl (C=O) groups is 1. The summed E-state index contributed by atoms with van der Waals surface area (Å²) in [6.07, 6.45) is 1.33. The van der Waals surface area contributed by atoms with Gasteiger partial charge in [0.05, 0.1) is 20.0 Å². The van der Waals surface area contributed by atoms with Gasteiger partial charge in [-0.1, -0.05) is 34.8 Å². The Kier molecular flexibility index (Phi) is 10.3. The van der Waals surface area contributed by atoms with Crippen LogP contribution in [0.4, 0.5) is 5.69 Å². The van der Waals surface area contributed by atoms with Gasteiger partial charge in [-0.25, -0.2) is 13.4 Å².